The minimum absolute atomic E-state index is 0.0401. The molecular formula is C12H16N2O2S. The van der Waals surface area contributed by atoms with E-state index in [1.54, 1.807) is 11.8 Å². The van der Waals surface area contributed by atoms with Gasteiger partial charge in [-0.2, -0.15) is 11.3 Å². The van der Waals surface area contributed by atoms with Crippen LogP contribution < -0.4 is 10.2 Å². The number of rotatable bonds is 2. The van der Waals surface area contributed by atoms with Crippen molar-refractivity contribution in [2.24, 2.45) is 5.92 Å². The topological polar surface area (TPSA) is 49.4 Å². The molecule has 92 valence electrons. The first-order chi connectivity index (χ1) is 8.02. The van der Waals surface area contributed by atoms with Crippen LogP contribution in [0, 0.1) is 5.92 Å². The maximum atomic E-state index is 12.2. The number of hydrogen-bond donors (Lipinski definition) is 1. The number of nitrogens with one attached hydrogen (secondary N) is 1. The zero-order chi connectivity index (χ0) is 12.6. The molecule has 0 spiro atoms. The van der Waals surface area contributed by atoms with Crippen LogP contribution in [0.1, 0.15) is 20.8 Å². The molecule has 17 heavy (non-hydrogen) atoms. The average molecular weight is 252 g/mol. The average Bonchev–Trinajstić information content (AvgIpc) is 2.75. The lowest BCUT2D eigenvalue weighted by Gasteiger charge is -2.39. The van der Waals surface area contributed by atoms with Crippen LogP contribution in [0.2, 0.25) is 0 Å². The van der Waals surface area contributed by atoms with Crippen molar-refractivity contribution in [1.82, 2.24) is 5.32 Å². The molecule has 5 heteroatoms. The second-order valence-electron chi connectivity index (χ2n) is 4.61. The van der Waals surface area contributed by atoms with E-state index in [1.165, 1.54) is 11.3 Å². The van der Waals surface area contributed by atoms with Gasteiger partial charge in [-0.3, -0.25) is 14.5 Å². The molecule has 0 saturated carbocycles. The molecule has 0 aromatic carbocycles. The molecule has 1 aromatic heterocycles. The van der Waals surface area contributed by atoms with Crippen LogP contribution in [-0.2, 0) is 9.59 Å². The Morgan fingerprint density at radius 2 is 2.12 bits per heavy atom. The smallest absolute Gasteiger partial charge is 0.250 e. The van der Waals surface area contributed by atoms with Gasteiger partial charge in [-0.05, 0) is 24.3 Å². The highest BCUT2D eigenvalue weighted by Gasteiger charge is 2.41. The van der Waals surface area contributed by atoms with E-state index in [1.807, 2.05) is 30.7 Å². The Balaban J connectivity index is 2.41. The number of anilines is 1. The van der Waals surface area contributed by atoms with Crippen LogP contribution >= 0.6 is 11.3 Å². The normalized spacial score (nSPS) is 25.3. The summed E-state index contributed by atoms with van der Waals surface area (Å²) in [5, 5.41) is 6.54. The van der Waals surface area contributed by atoms with Gasteiger partial charge in [0.15, 0.2) is 0 Å². The van der Waals surface area contributed by atoms with Gasteiger partial charge < -0.3 is 5.32 Å². The number of amides is 2. The van der Waals surface area contributed by atoms with Gasteiger partial charge in [0, 0.05) is 5.38 Å². The highest BCUT2D eigenvalue weighted by Crippen LogP contribution is 2.27. The van der Waals surface area contributed by atoms with Crippen LogP contribution in [-0.4, -0.2) is 23.9 Å². The fourth-order valence-corrected chi connectivity index (χ4v) is 2.73. The molecule has 2 amide bonds. The highest BCUT2D eigenvalue weighted by molar-refractivity contribution is 7.08. The Kier molecular flexibility index (Phi) is 3.19. The van der Waals surface area contributed by atoms with Crippen LogP contribution in [0.15, 0.2) is 16.8 Å². The Bertz CT molecular complexity index is 428. The minimum atomic E-state index is -0.447. The van der Waals surface area contributed by atoms with Crippen molar-refractivity contribution in [3.05, 3.63) is 16.8 Å². The largest absolute Gasteiger partial charge is 0.343 e. The molecule has 1 fully saturated rings. The zero-order valence-electron chi connectivity index (χ0n) is 10.1. The first-order valence-corrected chi connectivity index (χ1v) is 6.62. The molecule has 4 nitrogen and oxygen atoms in total. The zero-order valence-corrected chi connectivity index (χ0v) is 11.0. The SMILES string of the molecule is CC1NC(=O)C(C(C)C)N(c2ccsc2)C1=O. The van der Waals surface area contributed by atoms with Gasteiger partial charge in [0.05, 0.1) is 5.69 Å². The molecule has 0 aliphatic carbocycles. The molecule has 1 aliphatic heterocycles. The molecule has 1 N–H and O–H groups in total. The van der Waals surface area contributed by atoms with Crippen molar-refractivity contribution in [2.75, 3.05) is 4.90 Å². The van der Waals surface area contributed by atoms with Crippen molar-refractivity contribution >= 4 is 28.8 Å². The monoisotopic (exact) mass is 252 g/mol. The molecule has 1 saturated heterocycles. The lowest BCUT2D eigenvalue weighted by Crippen LogP contribution is -2.64. The Labute approximate surface area is 105 Å². The maximum absolute atomic E-state index is 12.2. The van der Waals surface area contributed by atoms with Gasteiger partial charge in [0.2, 0.25) is 11.8 Å². The maximum Gasteiger partial charge on any atom is 0.250 e. The quantitative estimate of drug-likeness (QED) is 0.869. The van der Waals surface area contributed by atoms with E-state index >= 15 is 0 Å². The summed E-state index contributed by atoms with van der Waals surface area (Å²) in [6.07, 6.45) is 0. The Morgan fingerprint density at radius 3 is 2.65 bits per heavy atom. The van der Waals surface area contributed by atoms with Crippen LogP contribution in [0.25, 0.3) is 0 Å². The van der Waals surface area contributed by atoms with Gasteiger partial charge in [-0.15, -0.1) is 0 Å². The van der Waals surface area contributed by atoms with E-state index in [0.717, 1.165) is 5.69 Å². The summed E-state index contributed by atoms with van der Waals surface area (Å²) in [6.45, 7) is 5.62. The summed E-state index contributed by atoms with van der Waals surface area (Å²) in [4.78, 5) is 25.8. The number of piperazine rings is 1. The molecule has 2 unspecified atom stereocenters. The van der Waals surface area contributed by atoms with E-state index < -0.39 is 12.1 Å². The fourth-order valence-electron chi connectivity index (χ4n) is 2.11. The van der Waals surface area contributed by atoms with Gasteiger partial charge in [-0.1, -0.05) is 13.8 Å². The van der Waals surface area contributed by atoms with Crippen LogP contribution in [0.5, 0.6) is 0 Å². The van der Waals surface area contributed by atoms with Gasteiger partial charge in [0.25, 0.3) is 0 Å². The van der Waals surface area contributed by atoms with Crippen LogP contribution in [0.4, 0.5) is 5.69 Å². The first-order valence-electron chi connectivity index (χ1n) is 5.68. The molecule has 2 heterocycles. The van der Waals surface area contributed by atoms with Gasteiger partial charge in [-0.25, -0.2) is 0 Å². The van der Waals surface area contributed by atoms with Crippen molar-refractivity contribution in [1.29, 1.82) is 0 Å². The van der Waals surface area contributed by atoms with Crippen molar-refractivity contribution < 1.29 is 9.59 Å². The summed E-state index contributed by atoms with van der Waals surface area (Å²) in [7, 11) is 0. The van der Waals surface area contributed by atoms with E-state index in [0.29, 0.717) is 0 Å². The summed E-state index contributed by atoms with van der Waals surface area (Å²) < 4.78 is 0. The molecule has 1 aliphatic rings. The predicted molar refractivity (Wildman–Crippen MR) is 68.0 cm³/mol. The predicted octanol–water partition coefficient (Wildman–Crippen LogP) is 1.62. The molecule has 0 bridgehead atoms. The summed E-state index contributed by atoms with van der Waals surface area (Å²) in [5.41, 5.74) is 0.820. The highest BCUT2D eigenvalue weighted by atomic mass is 32.1. The number of nitrogens with zero attached hydrogens (tertiary/aromatic N) is 1. The lowest BCUT2D eigenvalue weighted by atomic mass is 9.97. The molecule has 1 aromatic rings. The molecule has 2 rings (SSSR count). The summed E-state index contributed by atoms with van der Waals surface area (Å²) >= 11 is 1.53. The van der Waals surface area contributed by atoms with Gasteiger partial charge in [0.1, 0.15) is 12.1 Å². The second kappa shape index (κ2) is 4.49. The van der Waals surface area contributed by atoms with Crippen molar-refractivity contribution in [2.45, 2.75) is 32.9 Å². The van der Waals surface area contributed by atoms with E-state index in [2.05, 4.69) is 5.32 Å². The third-order valence-electron chi connectivity index (χ3n) is 2.93. The Hall–Kier alpha value is -1.36. The third kappa shape index (κ3) is 2.07. The number of hydrogen-bond acceptors (Lipinski definition) is 3. The van der Waals surface area contributed by atoms with Crippen molar-refractivity contribution in [3.63, 3.8) is 0 Å². The fraction of sp³-hybridized carbons (Fsp3) is 0.500. The van der Waals surface area contributed by atoms with E-state index in [-0.39, 0.29) is 17.7 Å². The number of carbonyl (C=O) groups excluding carboxylic acids is 2. The molecular weight excluding hydrogens is 236 g/mol. The number of carbonyl (C=O) groups is 2. The number of thiophene rings is 1. The van der Waals surface area contributed by atoms with E-state index in [9.17, 15) is 9.59 Å². The van der Waals surface area contributed by atoms with E-state index in [4.69, 9.17) is 0 Å². The Morgan fingerprint density at radius 1 is 1.41 bits per heavy atom. The van der Waals surface area contributed by atoms with Crippen LogP contribution in [0.3, 0.4) is 0 Å². The first kappa shape index (κ1) is 12.1. The minimum Gasteiger partial charge on any atom is -0.343 e. The van der Waals surface area contributed by atoms with Crippen molar-refractivity contribution in [3.8, 4) is 0 Å². The summed E-state index contributed by atoms with van der Waals surface area (Å²) in [5.74, 6) is -0.0219. The second-order valence-corrected chi connectivity index (χ2v) is 5.39. The third-order valence-corrected chi connectivity index (χ3v) is 3.60. The lowest BCUT2D eigenvalue weighted by molar-refractivity contribution is -0.134. The standard InChI is InChI=1S/C12H16N2O2S/c1-7(2)10-11(15)13-8(3)12(16)14(10)9-4-5-17-6-9/h4-8,10H,1-3H3,(H,13,15). The summed E-state index contributed by atoms with van der Waals surface area (Å²) in [6, 6.07) is 1.02. The molecule has 2 atom stereocenters. The van der Waals surface area contributed by atoms with Gasteiger partial charge >= 0.3 is 0 Å². The molecule has 0 radical (unpaired) electrons.